The highest BCUT2D eigenvalue weighted by molar-refractivity contribution is 9.10. The monoisotopic (exact) mass is 285 g/mol. The number of rotatable bonds is 2. The maximum atomic E-state index is 10.5. The molecule has 16 heavy (non-hydrogen) atoms. The number of benzene rings is 1. The summed E-state index contributed by atoms with van der Waals surface area (Å²) in [7, 11) is 0. The van der Waals surface area contributed by atoms with Gasteiger partial charge in [0.05, 0.1) is 6.21 Å². The highest BCUT2D eigenvalue weighted by Gasteiger charge is 2.15. The standard InChI is InChI=1S/C10H8BrNO4/c1-6(13)16-12-4-7-2-9-10(3-8(7)11)15-5-14-9/h2-4H,5H2,1H3/b12-4+. The Morgan fingerprint density at radius 2 is 2.19 bits per heavy atom. The maximum Gasteiger partial charge on any atom is 0.331 e. The van der Waals surface area contributed by atoms with E-state index in [9.17, 15) is 4.79 Å². The van der Waals surface area contributed by atoms with Crippen LogP contribution < -0.4 is 9.47 Å². The smallest absolute Gasteiger partial charge is 0.331 e. The predicted molar refractivity (Wildman–Crippen MR) is 59.6 cm³/mol. The fraction of sp³-hybridized carbons (Fsp3) is 0.200. The molecule has 1 aliphatic heterocycles. The maximum absolute atomic E-state index is 10.5. The van der Waals surface area contributed by atoms with Gasteiger partial charge in [0.1, 0.15) is 0 Å². The topological polar surface area (TPSA) is 57.1 Å². The molecule has 0 fully saturated rings. The summed E-state index contributed by atoms with van der Waals surface area (Å²) in [4.78, 5) is 15.0. The van der Waals surface area contributed by atoms with E-state index in [2.05, 4.69) is 25.9 Å². The van der Waals surface area contributed by atoms with Gasteiger partial charge in [-0.15, -0.1) is 0 Å². The van der Waals surface area contributed by atoms with E-state index in [4.69, 9.17) is 9.47 Å². The Morgan fingerprint density at radius 3 is 2.88 bits per heavy atom. The summed E-state index contributed by atoms with van der Waals surface area (Å²) in [5, 5.41) is 3.53. The molecule has 0 bridgehead atoms. The molecule has 0 spiro atoms. The molecular formula is C10H8BrNO4. The van der Waals surface area contributed by atoms with Crippen molar-refractivity contribution in [2.24, 2.45) is 5.16 Å². The number of ether oxygens (including phenoxy) is 2. The van der Waals surface area contributed by atoms with Gasteiger partial charge in [0.2, 0.25) is 6.79 Å². The number of hydrogen-bond acceptors (Lipinski definition) is 5. The highest BCUT2D eigenvalue weighted by atomic mass is 79.9. The molecule has 1 aliphatic rings. The van der Waals surface area contributed by atoms with Crippen LogP contribution in [0.25, 0.3) is 0 Å². The first-order valence-electron chi connectivity index (χ1n) is 4.47. The summed E-state index contributed by atoms with van der Waals surface area (Å²) in [6.07, 6.45) is 1.42. The van der Waals surface area contributed by atoms with Gasteiger partial charge in [-0.25, -0.2) is 4.79 Å². The first-order valence-corrected chi connectivity index (χ1v) is 5.26. The van der Waals surface area contributed by atoms with Crippen molar-refractivity contribution in [3.63, 3.8) is 0 Å². The van der Waals surface area contributed by atoms with Gasteiger partial charge in [-0.2, -0.15) is 0 Å². The van der Waals surface area contributed by atoms with Gasteiger partial charge in [-0.1, -0.05) is 5.16 Å². The van der Waals surface area contributed by atoms with Gasteiger partial charge in [-0.3, -0.25) is 0 Å². The van der Waals surface area contributed by atoms with Crippen LogP contribution in [-0.2, 0) is 9.63 Å². The van der Waals surface area contributed by atoms with E-state index >= 15 is 0 Å². The third-order valence-corrected chi connectivity index (χ3v) is 2.55. The fourth-order valence-electron chi connectivity index (χ4n) is 1.19. The molecule has 0 saturated carbocycles. The summed E-state index contributed by atoms with van der Waals surface area (Å²) in [5.41, 5.74) is 0.741. The number of halogens is 1. The normalized spacial score (nSPS) is 13.1. The van der Waals surface area contributed by atoms with Crippen LogP contribution in [0.15, 0.2) is 21.8 Å². The molecule has 1 heterocycles. The predicted octanol–water partition coefficient (Wildman–Crippen LogP) is 2.07. The molecule has 84 valence electrons. The molecule has 6 heteroatoms. The average Bonchev–Trinajstić information content (AvgIpc) is 2.64. The molecule has 0 amide bonds. The SMILES string of the molecule is CC(=O)O/N=C/c1cc2c(cc1Br)OCO2. The van der Waals surface area contributed by atoms with Crippen molar-refractivity contribution in [2.75, 3.05) is 6.79 Å². The molecule has 0 saturated heterocycles. The number of nitrogens with zero attached hydrogens (tertiary/aromatic N) is 1. The molecular weight excluding hydrogens is 278 g/mol. The van der Waals surface area contributed by atoms with Crippen molar-refractivity contribution in [1.82, 2.24) is 0 Å². The van der Waals surface area contributed by atoms with E-state index in [1.165, 1.54) is 13.1 Å². The van der Waals surface area contributed by atoms with Gasteiger partial charge in [-0.05, 0) is 28.1 Å². The van der Waals surface area contributed by atoms with Crippen molar-refractivity contribution >= 4 is 28.1 Å². The Hall–Kier alpha value is -1.56. The number of fused-ring (bicyclic) bond motifs is 1. The van der Waals surface area contributed by atoms with Crippen LogP contribution in [-0.4, -0.2) is 19.0 Å². The minimum atomic E-state index is -0.465. The molecule has 0 radical (unpaired) electrons. The summed E-state index contributed by atoms with van der Waals surface area (Å²) in [5.74, 6) is 0.858. The highest BCUT2D eigenvalue weighted by Crippen LogP contribution is 2.36. The minimum Gasteiger partial charge on any atom is -0.454 e. The number of carbonyl (C=O) groups excluding carboxylic acids is 1. The second-order valence-corrected chi connectivity index (χ2v) is 3.90. The van der Waals surface area contributed by atoms with Crippen LogP contribution in [0.1, 0.15) is 12.5 Å². The lowest BCUT2D eigenvalue weighted by Crippen LogP contribution is -1.93. The van der Waals surface area contributed by atoms with E-state index in [-0.39, 0.29) is 6.79 Å². The third-order valence-electron chi connectivity index (χ3n) is 1.86. The molecule has 1 aromatic rings. The van der Waals surface area contributed by atoms with E-state index in [1.807, 2.05) is 0 Å². The first kappa shape index (κ1) is 10.9. The van der Waals surface area contributed by atoms with Crippen LogP contribution >= 0.6 is 15.9 Å². The zero-order valence-electron chi connectivity index (χ0n) is 8.40. The van der Waals surface area contributed by atoms with E-state index in [0.29, 0.717) is 11.5 Å². The second kappa shape index (κ2) is 4.52. The molecule has 0 aliphatic carbocycles. The van der Waals surface area contributed by atoms with Crippen molar-refractivity contribution in [3.05, 3.63) is 22.2 Å². The molecule has 0 aromatic heterocycles. The molecule has 1 aromatic carbocycles. The van der Waals surface area contributed by atoms with Gasteiger partial charge in [0.25, 0.3) is 0 Å². The largest absolute Gasteiger partial charge is 0.454 e. The molecule has 0 N–H and O–H groups in total. The second-order valence-electron chi connectivity index (χ2n) is 3.04. The van der Waals surface area contributed by atoms with E-state index in [1.54, 1.807) is 12.1 Å². The summed E-state index contributed by atoms with van der Waals surface area (Å²) in [6.45, 7) is 1.50. The third kappa shape index (κ3) is 2.33. The molecule has 0 unspecified atom stereocenters. The Kier molecular flexibility index (Phi) is 3.09. The fourth-order valence-corrected chi connectivity index (χ4v) is 1.61. The summed E-state index contributed by atoms with van der Waals surface area (Å²) in [6, 6.07) is 3.52. The average molecular weight is 286 g/mol. The van der Waals surface area contributed by atoms with Crippen LogP contribution in [0, 0.1) is 0 Å². The van der Waals surface area contributed by atoms with Gasteiger partial charge < -0.3 is 14.3 Å². The number of hydrogen-bond donors (Lipinski definition) is 0. The van der Waals surface area contributed by atoms with E-state index in [0.717, 1.165) is 10.0 Å². The van der Waals surface area contributed by atoms with Crippen LogP contribution in [0.5, 0.6) is 11.5 Å². The Bertz CT molecular complexity index is 458. The van der Waals surface area contributed by atoms with Crippen LogP contribution in [0.3, 0.4) is 0 Å². The molecule has 5 nitrogen and oxygen atoms in total. The van der Waals surface area contributed by atoms with Crippen LogP contribution in [0.2, 0.25) is 0 Å². The van der Waals surface area contributed by atoms with Gasteiger partial charge in [0.15, 0.2) is 11.5 Å². The Balaban J connectivity index is 2.21. The lowest BCUT2D eigenvalue weighted by molar-refractivity contribution is -0.140. The lowest BCUT2D eigenvalue weighted by atomic mass is 10.2. The van der Waals surface area contributed by atoms with Crippen molar-refractivity contribution in [2.45, 2.75) is 6.92 Å². The first-order chi connectivity index (χ1) is 7.66. The van der Waals surface area contributed by atoms with Crippen LogP contribution in [0.4, 0.5) is 0 Å². The minimum absolute atomic E-state index is 0.215. The number of carbonyl (C=O) groups is 1. The van der Waals surface area contributed by atoms with E-state index < -0.39 is 5.97 Å². The molecule has 2 rings (SSSR count). The van der Waals surface area contributed by atoms with Gasteiger partial charge >= 0.3 is 5.97 Å². The Labute approximate surface area is 100 Å². The van der Waals surface area contributed by atoms with Crippen molar-refractivity contribution in [1.29, 1.82) is 0 Å². The van der Waals surface area contributed by atoms with Crippen molar-refractivity contribution < 1.29 is 19.1 Å². The molecule has 0 atom stereocenters. The van der Waals surface area contributed by atoms with Gasteiger partial charge in [0, 0.05) is 17.0 Å². The zero-order chi connectivity index (χ0) is 11.5. The number of oxime groups is 1. The lowest BCUT2D eigenvalue weighted by Gasteiger charge is -2.00. The summed E-state index contributed by atoms with van der Waals surface area (Å²) < 4.78 is 11.2. The zero-order valence-corrected chi connectivity index (χ0v) is 9.98. The summed E-state index contributed by atoms with van der Waals surface area (Å²) >= 11 is 3.35. The van der Waals surface area contributed by atoms with Crippen molar-refractivity contribution in [3.8, 4) is 11.5 Å². The Morgan fingerprint density at radius 1 is 1.50 bits per heavy atom. The quantitative estimate of drug-likeness (QED) is 0.474.